The number of carboxylic acid groups (broad SMARTS) is 1. The Morgan fingerprint density at radius 1 is 1.42 bits per heavy atom. The molecule has 0 spiro atoms. The normalized spacial score (nSPS) is 26.5. The molecule has 0 aromatic rings. The van der Waals surface area contributed by atoms with Gasteiger partial charge < -0.3 is 10.0 Å². The molecular formula is C12H19NO4S2. The molecule has 1 aliphatic heterocycles. The second kappa shape index (κ2) is 6.65. The van der Waals surface area contributed by atoms with Gasteiger partial charge in [0.2, 0.25) is 5.91 Å². The smallest absolute Gasteiger partial charge is 0.331 e. The zero-order valence-electron chi connectivity index (χ0n) is 11.3. The van der Waals surface area contributed by atoms with E-state index in [4.69, 9.17) is 0 Å². The highest BCUT2D eigenvalue weighted by atomic mass is 32.2. The largest absolute Gasteiger partial charge is 0.479 e. The molecule has 1 unspecified atom stereocenters. The van der Waals surface area contributed by atoms with Gasteiger partial charge >= 0.3 is 5.97 Å². The van der Waals surface area contributed by atoms with Crippen molar-refractivity contribution < 1.29 is 19.5 Å². The van der Waals surface area contributed by atoms with Gasteiger partial charge in [0.25, 0.3) is 0 Å². The van der Waals surface area contributed by atoms with E-state index in [1.807, 2.05) is 6.26 Å². The van der Waals surface area contributed by atoms with Crippen LogP contribution in [-0.4, -0.2) is 56.3 Å². The van der Waals surface area contributed by atoms with E-state index in [9.17, 15) is 19.5 Å². The molecule has 2 atom stereocenters. The van der Waals surface area contributed by atoms with Crippen molar-refractivity contribution in [2.24, 2.45) is 0 Å². The van der Waals surface area contributed by atoms with Crippen molar-refractivity contribution in [1.82, 2.24) is 4.90 Å². The Balaban J connectivity index is 3.17. The number of rotatable bonds is 5. The van der Waals surface area contributed by atoms with Crippen LogP contribution >= 0.6 is 23.5 Å². The molecular weight excluding hydrogens is 286 g/mol. The van der Waals surface area contributed by atoms with Crippen molar-refractivity contribution in [3.05, 3.63) is 0 Å². The number of carbonyl (C=O) groups is 3. The topological polar surface area (TPSA) is 74.7 Å². The van der Waals surface area contributed by atoms with E-state index >= 15 is 0 Å². The Kier molecular flexibility index (Phi) is 5.73. The quantitative estimate of drug-likeness (QED) is 0.829. The summed E-state index contributed by atoms with van der Waals surface area (Å²) in [6, 6.07) is 0. The summed E-state index contributed by atoms with van der Waals surface area (Å²) in [7, 11) is 0. The molecule has 0 aromatic heterocycles. The summed E-state index contributed by atoms with van der Waals surface area (Å²) in [5, 5.41) is 9.18. The summed E-state index contributed by atoms with van der Waals surface area (Å²) in [6.45, 7) is 3.56. The molecule has 0 bridgehead atoms. The Morgan fingerprint density at radius 2 is 2.05 bits per heavy atom. The molecule has 0 aromatic carbocycles. The third-order valence-corrected chi connectivity index (χ3v) is 5.25. The third-order valence-electron chi connectivity index (χ3n) is 3.28. The van der Waals surface area contributed by atoms with E-state index < -0.39 is 11.5 Å². The number of amides is 1. The zero-order valence-corrected chi connectivity index (χ0v) is 13.0. The number of carboxylic acids is 1. The SMILES string of the molecule is CCC(=O)N1CCC(SC(C)=O)[C@@]1(CSC)C(=O)O. The molecule has 19 heavy (non-hydrogen) atoms. The fraction of sp³-hybridized carbons (Fsp3) is 0.750. The van der Waals surface area contributed by atoms with Crippen molar-refractivity contribution in [3.8, 4) is 0 Å². The minimum Gasteiger partial charge on any atom is -0.479 e. The number of nitrogens with zero attached hydrogens (tertiary/aromatic N) is 1. The van der Waals surface area contributed by atoms with Crippen LogP contribution in [0.15, 0.2) is 0 Å². The predicted octanol–water partition coefficient (Wildman–Crippen LogP) is 1.46. The van der Waals surface area contributed by atoms with Crippen LogP contribution < -0.4 is 0 Å². The molecule has 1 aliphatic rings. The fourth-order valence-electron chi connectivity index (χ4n) is 2.46. The summed E-state index contributed by atoms with van der Waals surface area (Å²) in [4.78, 5) is 36.6. The molecule has 0 aliphatic carbocycles. The Hall–Kier alpha value is -0.690. The second-order valence-corrected chi connectivity index (χ2v) is 6.69. The first-order valence-electron chi connectivity index (χ1n) is 6.10. The van der Waals surface area contributed by atoms with Gasteiger partial charge in [0, 0.05) is 30.9 Å². The monoisotopic (exact) mass is 305 g/mol. The molecule has 1 fully saturated rings. The van der Waals surface area contributed by atoms with Gasteiger partial charge in [0.1, 0.15) is 0 Å². The van der Waals surface area contributed by atoms with Gasteiger partial charge in [-0.1, -0.05) is 18.7 Å². The van der Waals surface area contributed by atoms with Crippen molar-refractivity contribution in [1.29, 1.82) is 0 Å². The van der Waals surface area contributed by atoms with Crippen molar-refractivity contribution in [2.75, 3.05) is 18.6 Å². The molecule has 0 radical (unpaired) electrons. The Morgan fingerprint density at radius 3 is 2.47 bits per heavy atom. The predicted molar refractivity (Wildman–Crippen MR) is 77.4 cm³/mol. The maximum atomic E-state index is 12.0. The fourth-order valence-corrected chi connectivity index (χ4v) is 4.62. The van der Waals surface area contributed by atoms with E-state index in [-0.39, 0.29) is 22.7 Å². The molecule has 1 rings (SSSR count). The summed E-state index contributed by atoms with van der Waals surface area (Å²) in [5.74, 6) is -0.873. The molecule has 108 valence electrons. The number of likely N-dealkylation sites (tertiary alicyclic amines) is 1. The maximum absolute atomic E-state index is 12.0. The minimum absolute atomic E-state index is 0.109. The number of carbonyl (C=O) groups excluding carboxylic acids is 2. The lowest BCUT2D eigenvalue weighted by atomic mass is 9.98. The first kappa shape index (κ1) is 16.4. The molecule has 1 N–H and O–H groups in total. The summed E-state index contributed by atoms with van der Waals surface area (Å²) < 4.78 is 0. The first-order valence-corrected chi connectivity index (χ1v) is 8.37. The van der Waals surface area contributed by atoms with Gasteiger partial charge in [-0.2, -0.15) is 11.8 Å². The Labute approximate surface area is 121 Å². The van der Waals surface area contributed by atoms with Crippen LogP contribution in [0, 0.1) is 0 Å². The second-order valence-electron chi connectivity index (χ2n) is 4.45. The van der Waals surface area contributed by atoms with Gasteiger partial charge in [0.15, 0.2) is 10.7 Å². The molecule has 1 saturated heterocycles. The third kappa shape index (κ3) is 3.08. The van der Waals surface area contributed by atoms with E-state index in [0.717, 1.165) is 11.8 Å². The van der Waals surface area contributed by atoms with E-state index in [1.165, 1.54) is 23.6 Å². The summed E-state index contributed by atoms with van der Waals surface area (Å²) >= 11 is 2.43. The molecule has 1 heterocycles. The van der Waals surface area contributed by atoms with Gasteiger partial charge in [-0.3, -0.25) is 9.59 Å². The van der Waals surface area contributed by atoms with Crippen molar-refractivity contribution in [3.63, 3.8) is 0 Å². The van der Waals surface area contributed by atoms with Crippen LogP contribution in [0.3, 0.4) is 0 Å². The van der Waals surface area contributed by atoms with Gasteiger partial charge in [0.05, 0.1) is 0 Å². The lowest BCUT2D eigenvalue weighted by Crippen LogP contribution is -2.59. The average Bonchev–Trinajstić information content (AvgIpc) is 2.68. The highest BCUT2D eigenvalue weighted by Gasteiger charge is 2.56. The van der Waals surface area contributed by atoms with Crippen LogP contribution in [-0.2, 0) is 14.4 Å². The first-order chi connectivity index (χ1) is 8.90. The highest BCUT2D eigenvalue weighted by molar-refractivity contribution is 8.14. The molecule has 7 heteroatoms. The zero-order chi connectivity index (χ0) is 14.6. The van der Waals surface area contributed by atoms with Crippen LogP contribution in [0.25, 0.3) is 0 Å². The average molecular weight is 305 g/mol. The van der Waals surface area contributed by atoms with Crippen LogP contribution in [0.2, 0.25) is 0 Å². The number of hydrogen-bond donors (Lipinski definition) is 1. The minimum atomic E-state index is -1.26. The van der Waals surface area contributed by atoms with Gasteiger partial charge in [-0.15, -0.1) is 0 Å². The van der Waals surface area contributed by atoms with Crippen molar-refractivity contribution >= 4 is 40.5 Å². The van der Waals surface area contributed by atoms with E-state index in [0.29, 0.717) is 18.7 Å². The van der Waals surface area contributed by atoms with Crippen LogP contribution in [0.1, 0.15) is 26.7 Å². The van der Waals surface area contributed by atoms with E-state index in [2.05, 4.69) is 0 Å². The summed E-state index contributed by atoms with van der Waals surface area (Å²) in [5.41, 5.74) is -1.26. The highest BCUT2D eigenvalue weighted by Crippen LogP contribution is 2.40. The lowest BCUT2D eigenvalue weighted by molar-refractivity contribution is -0.154. The molecule has 0 saturated carbocycles. The van der Waals surface area contributed by atoms with Gasteiger partial charge in [-0.05, 0) is 12.7 Å². The summed E-state index contributed by atoms with van der Waals surface area (Å²) in [6.07, 6.45) is 2.64. The molecule has 5 nitrogen and oxygen atoms in total. The number of aliphatic carboxylic acids is 1. The van der Waals surface area contributed by atoms with Gasteiger partial charge in [-0.25, -0.2) is 4.79 Å². The van der Waals surface area contributed by atoms with Crippen LogP contribution in [0.5, 0.6) is 0 Å². The lowest BCUT2D eigenvalue weighted by Gasteiger charge is -2.37. The standard InChI is InChI=1S/C12H19NO4S2/c1-4-10(15)13-6-5-9(19-8(2)14)12(13,7-18-3)11(16)17/h9H,4-7H2,1-3H3,(H,16,17)/t9?,12-/m0/s1. The maximum Gasteiger partial charge on any atom is 0.331 e. The molecule has 1 amide bonds. The number of hydrogen-bond acceptors (Lipinski definition) is 5. The van der Waals surface area contributed by atoms with Crippen LogP contribution in [0.4, 0.5) is 0 Å². The van der Waals surface area contributed by atoms with Crippen molar-refractivity contribution in [2.45, 2.75) is 37.5 Å². The number of thioether (sulfide) groups is 2. The van der Waals surface area contributed by atoms with E-state index in [1.54, 1.807) is 6.92 Å². The Bertz CT molecular complexity index is 388.